The Kier molecular flexibility index (Phi) is 6.30. The second kappa shape index (κ2) is 9.32. The number of hydrogen-bond donors (Lipinski definition) is 2. The number of aryl methyl sites for hydroxylation is 2. The topological polar surface area (TPSA) is 107 Å². The Hall–Kier alpha value is -3.88. The average molecular weight is 449 g/mol. The lowest BCUT2D eigenvalue weighted by molar-refractivity contribution is -0.123. The summed E-state index contributed by atoms with van der Waals surface area (Å²) in [5, 5.41) is 15.6. The van der Waals surface area contributed by atoms with E-state index in [9.17, 15) is 4.79 Å². The lowest BCUT2D eigenvalue weighted by Gasteiger charge is -2.12. The number of nitrogens with zero attached hydrogens (tertiary/aromatic N) is 4. The molecule has 9 nitrogen and oxygen atoms in total. The molecule has 0 aliphatic carbocycles. The van der Waals surface area contributed by atoms with E-state index in [4.69, 9.17) is 14.5 Å². The molecule has 0 atom stereocenters. The van der Waals surface area contributed by atoms with Crippen molar-refractivity contribution >= 4 is 16.8 Å². The predicted molar refractivity (Wildman–Crippen MR) is 125 cm³/mol. The van der Waals surface area contributed by atoms with Crippen molar-refractivity contribution < 1.29 is 14.3 Å². The molecule has 0 saturated carbocycles. The number of carbonyl (C=O) groups is 1. The summed E-state index contributed by atoms with van der Waals surface area (Å²) in [6, 6.07) is 9.63. The van der Waals surface area contributed by atoms with Crippen LogP contribution in [0.25, 0.3) is 22.3 Å². The van der Waals surface area contributed by atoms with E-state index in [1.54, 1.807) is 17.9 Å². The van der Waals surface area contributed by atoms with Gasteiger partial charge in [0.05, 0.1) is 18.8 Å². The van der Waals surface area contributed by atoms with Crippen molar-refractivity contribution in [2.45, 2.75) is 33.2 Å². The van der Waals surface area contributed by atoms with Crippen molar-refractivity contribution in [3.8, 4) is 22.9 Å². The van der Waals surface area contributed by atoms with Crippen LogP contribution < -0.4 is 14.8 Å². The maximum absolute atomic E-state index is 11.9. The van der Waals surface area contributed by atoms with Gasteiger partial charge in [0.15, 0.2) is 23.9 Å². The van der Waals surface area contributed by atoms with E-state index in [-0.39, 0.29) is 18.6 Å². The fourth-order valence-corrected chi connectivity index (χ4v) is 3.69. The van der Waals surface area contributed by atoms with Crippen molar-refractivity contribution in [3.05, 3.63) is 53.5 Å². The number of nitrogens with one attached hydrogen (secondary N) is 2. The Bertz CT molecular complexity index is 1290. The summed E-state index contributed by atoms with van der Waals surface area (Å²) < 4.78 is 12.9. The van der Waals surface area contributed by atoms with E-state index in [1.165, 1.54) is 11.1 Å². The lowest BCUT2D eigenvalue weighted by atomic mass is 10.0. The molecule has 2 aromatic heterocycles. The SMILES string of the molecule is COc1cc(-c2nc(Cc3ccc4[nH]ncc4c3C)n(C)n2)ccc1OCC(=O)NC(C)C. The van der Waals surface area contributed by atoms with Crippen LogP contribution in [0, 0.1) is 6.92 Å². The van der Waals surface area contributed by atoms with Crippen LogP contribution in [-0.4, -0.2) is 50.6 Å². The van der Waals surface area contributed by atoms with Gasteiger partial charge in [-0.1, -0.05) is 6.07 Å². The first-order valence-electron chi connectivity index (χ1n) is 10.8. The molecule has 33 heavy (non-hydrogen) atoms. The van der Waals surface area contributed by atoms with Gasteiger partial charge in [0.1, 0.15) is 5.82 Å². The number of amides is 1. The van der Waals surface area contributed by atoms with Gasteiger partial charge in [-0.25, -0.2) is 4.98 Å². The number of fused-ring (bicyclic) bond motifs is 1. The van der Waals surface area contributed by atoms with Crippen molar-refractivity contribution in [1.82, 2.24) is 30.3 Å². The molecule has 0 radical (unpaired) electrons. The second-order valence-electron chi connectivity index (χ2n) is 8.21. The zero-order chi connectivity index (χ0) is 23.5. The van der Waals surface area contributed by atoms with Gasteiger partial charge in [0.2, 0.25) is 0 Å². The number of aromatic amines is 1. The Morgan fingerprint density at radius 1 is 1.21 bits per heavy atom. The minimum absolute atomic E-state index is 0.0557. The minimum Gasteiger partial charge on any atom is -0.493 e. The monoisotopic (exact) mass is 448 g/mol. The highest BCUT2D eigenvalue weighted by Gasteiger charge is 2.15. The van der Waals surface area contributed by atoms with Gasteiger partial charge in [0.25, 0.3) is 5.91 Å². The smallest absolute Gasteiger partial charge is 0.258 e. The van der Waals surface area contributed by atoms with Crippen molar-refractivity contribution in [2.75, 3.05) is 13.7 Å². The summed E-state index contributed by atoms with van der Waals surface area (Å²) in [7, 11) is 3.45. The van der Waals surface area contributed by atoms with Crippen molar-refractivity contribution in [2.24, 2.45) is 7.05 Å². The predicted octanol–water partition coefficient (Wildman–Crippen LogP) is 3.17. The molecule has 0 aliphatic heterocycles. The third-order valence-electron chi connectivity index (χ3n) is 5.44. The van der Waals surface area contributed by atoms with Crippen LogP contribution >= 0.6 is 0 Å². The zero-order valence-electron chi connectivity index (χ0n) is 19.5. The number of H-pyrrole nitrogens is 1. The zero-order valence-corrected chi connectivity index (χ0v) is 19.5. The third kappa shape index (κ3) is 4.82. The molecule has 4 aromatic rings. The second-order valence-corrected chi connectivity index (χ2v) is 8.21. The normalized spacial score (nSPS) is 11.2. The van der Waals surface area contributed by atoms with Gasteiger partial charge in [0, 0.05) is 30.5 Å². The van der Waals surface area contributed by atoms with Crippen molar-refractivity contribution in [3.63, 3.8) is 0 Å². The molecule has 0 unspecified atom stereocenters. The molecule has 4 rings (SSSR count). The lowest BCUT2D eigenvalue weighted by Crippen LogP contribution is -2.34. The largest absolute Gasteiger partial charge is 0.493 e. The Morgan fingerprint density at radius 3 is 2.79 bits per heavy atom. The van der Waals surface area contributed by atoms with Gasteiger partial charge in [-0.15, -0.1) is 0 Å². The first-order valence-corrected chi connectivity index (χ1v) is 10.8. The van der Waals surface area contributed by atoms with E-state index in [1.807, 2.05) is 45.3 Å². The summed E-state index contributed by atoms with van der Waals surface area (Å²) in [6.45, 7) is 5.81. The summed E-state index contributed by atoms with van der Waals surface area (Å²) in [5.41, 5.74) is 4.17. The van der Waals surface area contributed by atoms with Crippen LogP contribution in [0.2, 0.25) is 0 Å². The van der Waals surface area contributed by atoms with E-state index in [0.29, 0.717) is 23.7 Å². The highest BCUT2D eigenvalue weighted by molar-refractivity contribution is 5.82. The fourth-order valence-electron chi connectivity index (χ4n) is 3.69. The number of aromatic nitrogens is 5. The average Bonchev–Trinajstić information content (AvgIpc) is 3.41. The van der Waals surface area contributed by atoms with E-state index in [2.05, 4.69) is 33.6 Å². The highest BCUT2D eigenvalue weighted by Crippen LogP contribution is 2.32. The van der Waals surface area contributed by atoms with Crippen LogP contribution in [0.1, 0.15) is 30.8 Å². The number of ether oxygens (including phenoxy) is 2. The van der Waals surface area contributed by atoms with E-state index in [0.717, 1.165) is 22.3 Å². The standard InChI is InChI=1S/C24H28N6O3/c1-14(2)26-23(31)13-33-20-9-7-17(10-21(20)32-5)24-27-22(30(4)29-24)11-16-6-8-19-18(15(16)3)12-25-28-19/h6-10,12,14H,11,13H2,1-5H3,(H,25,28)(H,26,31). The van der Waals surface area contributed by atoms with Crippen LogP contribution in [-0.2, 0) is 18.3 Å². The van der Waals surface area contributed by atoms with E-state index >= 15 is 0 Å². The van der Waals surface area contributed by atoms with Crippen LogP contribution in [0.3, 0.4) is 0 Å². The molecular weight excluding hydrogens is 420 g/mol. The Labute approximate surface area is 192 Å². The summed E-state index contributed by atoms with van der Waals surface area (Å²) in [5.74, 6) is 2.26. The maximum Gasteiger partial charge on any atom is 0.258 e. The molecule has 0 saturated heterocycles. The van der Waals surface area contributed by atoms with Crippen LogP contribution in [0.4, 0.5) is 0 Å². The highest BCUT2D eigenvalue weighted by atomic mass is 16.5. The number of methoxy groups -OCH3 is 1. The molecule has 0 spiro atoms. The Morgan fingerprint density at radius 2 is 2.03 bits per heavy atom. The first kappa shape index (κ1) is 22.3. The molecule has 2 heterocycles. The molecule has 0 bridgehead atoms. The third-order valence-corrected chi connectivity index (χ3v) is 5.44. The van der Waals surface area contributed by atoms with E-state index < -0.39 is 0 Å². The molecule has 172 valence electrons. The molecule has 0 aliphatic rings. The van der Waals surface area contributed by atoms with Gasteiger partial charge in [-0.2, -0.15) is 10.2 Å². The van der Waals surface area contributed by atoms with Crippen LogP contribution in [0.5, 0.6) is 11.5 Å². The molecule has 9 heteroatoms. The summed E-state index contributed by atoms with van der Waals surface area (Å²) in [4.78, 5) is 16.6. The van der Waals surface area contributed by atoms with Gasteiger partial charge in [-0.05, 0) is 56.2 Å². The molecule has 2 N–H and O–H groups in total. The van der Waals surface area contributed by atoms with Gasteiger partial charge >= 0.3 is 0 Å². The first-order chi connectivity index (χ1) is 15.9. The summed E-state index contributed by atoms with van der Waals surface area (Å²) >= 11 is 0. The maximum atomic E-state index is 11.9. The number of benzene rings is 2. The van der Waals surface area contributed by atoms with Crippen LogP contribution in [0.15, 0.2) is 36.5 Å². The minimum atomic E-state index is -0.184. The quantitative estimate of drug-likeness (QED) is 0.429. The van der Waals surface area contributed by atoms with Gasteiger partial charge < -0.3 is 14.8 Å². The molecular formula is C24H28N6O3. The number of carbonyl (C=O) groups excluding carboxylic acids is 1. The summed E-state index contributed by atoms with van der Waals surface area (Å²) in [6.07, 6.45) is 2.50. The molecule has 0 fully saturated rings. The number of hydrogen-bond acceptors (Lipinski definition) is 6. The number of rotatable bonds is 8. The van der Waals surface area contributed by atoms with Crippen molar-refractivity contribution in [1.29, 1.82) is 0 Å². The fraction of sp³-hybridized carbons (Fsp3) is 0.333. The van der Waals surface area contributed by atoms with Gasteiger partial charge in [-0.3, -0.25) is 14.6 Å². The molecule has 2 aromatic carbocycles. The Balaban J connectivity index is 1.54. The molecule has 1 amide bonds.